The molecule has 19 heavy (non-hydrogen) atoms. The Morgan fingerprint density at radius 1 is 1.37 bits per heavy atom. The molecule has 1 heterocycles. The Morgan fingerprint density at radius 3 is 2.74 bits per heavy atom. The van der Waals surface area contributed by atoms with Crippen molar-refractivity contribution in [1.82, 2.24) is 15.1 Å². The van der Waals surface area contributed by atoms with Crippen molar-refractivity contribution in [2.75, 3.05) is 6.54 Å². The number of hydrogen-bond acceptors (Lipinski definition) is 3. The van der Waals surface area contributed by atoms with Crippen LogP contribution in [0.4, 0.5) is 0 Å². The fraction of sp³-hybridized carbons (Fsp3) is 0.357. The average Bonchev–Trinajstić information content (AvgIpc) is 2.67. The van der Waals surface area contributed by atoms with Gasteiger partial charge in [0, 0.05) is 23.0 Å². The molecule has 2 rings (SSSR count). The minimum absolute atomic E-state index is 0.896. The van der Waals surface area contributed by atoms with Gasteiger partial charge in [-0.25, -0.2) is 0 Å². The maximum Gasteiger partial charge on any atom is 0.0986 e. The molecule has 3 nitrogen and oxygen atoms in total. The smallest absolute Gasteiger partial charge is 0.0986 e. The Kier molecular flexibility index (Phi) is 5.07. The van der Waals surface area contributed by atoms with Crippen molar-refractivity contribution in [1.29, 1.82) is 0 Å². The van der Waals surface area contributed by atoms with Crippen LogP contribution in [0.25, 0.3) is 0 Å². The average molecular weight is 340 g/mol. The Balaban J connectivity index is 2.13. The maximum atomic E-state index is 4.36. The zero-order chi connectivity index (χ0) is 13.8. The number of rotatable bonds is 5. The number of aromatic nitrogens is 2. The number of hydrogen-bond donors (Lipinski definition) is 1. The van der Waals surface area contributed by atoms with Gasteiger partial charge in [-0.05, 0) is 37.2 Å². The molecule has 0 amide bonds. The molecule has 0 aliphatic carbocycles. The number of nitrogens with one attached hydrogen (secondary N) is 1. The summed E-state index contributed by atoms with van der Waals surface area (Å²) in [4.78, 5) is 1.22. The van der Waals surface area contributed by atoms with Gasteiger partial charge in [-0.3, -0.25) is 4.68 Å². The van der Waals surface area contributed by atoms with E-state index in [1.54, 1.807) is 11.8 Å². The molecule has 0 unspecified atom stereocenters. The highest BCUT2D eigenvalue weighted by molar-refractivity contribution is 9.10. The van der Waals surface area contributed by atoms with Crippen molar-refractivity contribution >= 4 is 27.7 Å². The van der Waals surface area contributed by atoms with E-state index in [1.807, 2.05) is 18.7 Å². The van der Waals surface area contributed by atoms with Crippen molar-refractivity contribution in [2.45, 2.75) is 30.3 Å². The third kappa shape index (κ3) is 3.84. The van der Waals surface area contributed by atoms with Gasteiger partial charge in [-0.15, -0.1) is 0 Å². The summed E-state index contributed by atoms with van der Waals surface area (Å²) in [5.41, 5.74) is 2.33. The molecule has 1 N–H and O–H groups in total. The zero-order valence-corrected chi connectivity index (χ0v) is 13.8. The minimum Gasteiger partial charge on any atom is -0.313 e. The molecular formula is C14H18BrN3S. The van der Waals surface area contributed by atoms with E-state index >= 15 is 0 Å². The first-order chi connectivity index (χ1) is 9.10. The SMILES string of the molecule is CCNCc1ccc(Sc2cc(C)nn2C)cc1Br. The lowest BCUT2D eigenvalue weighted by Gasteiger charge is -2.08. The minimum atomic E-state index is 0.896. The van der Waals surface area contributed by atoms with E-state index in [-0.39, 0.29) is 0 Å². The quantitative estimate of drug-likeness (QED) is 0.899. The summed E-state index contributed by atoms with van der Waals surface area (Å²) in [6.07, 6.45) is 0. The van der Waals surface area contributed by atoms with Crippen LogP contribution in [0.2, 0.25) is 0 Å². The summed E-state index contributed by atoms with van der Waals surface area (Å²) in [6.45, 7) is 6.01. The highest BCUT2D eigenvalue weighted by Gasteiger charge is 2.06. The van der Waals surface area contributed by atoms with Gasteiger partial charge in [0.2, 0.25) is 0 Å². The fourth-order valence-corrected chi connectivity index (χ4v) is 3.42. The van der Waals surface area contributed by atoms with Crippen LogP contribution in [0.5, 0.6) is 0 Å². The summed E-state index contributed by atoms with van der Waals surface area (Å²) in [5.74, 6) is 0. The van der Waals surface area contributed by atoms with Crippen LogP contribution in [-0.2, 0) is 13.6 Å². The van der Waals surface area contributed by atoms with E-state index in [0.717, 1.165) is 28.3 Å². The molecule has 0 fully saturated rings. The molecule has 0 aliphatic heterocycles. The maximum absolute atomic E-state index is 4.36. The monoisotopic (exact) mass is 339 g/mol. The van der Waals surface area contributed by atoms with Crippen LogP contribution in [0, 0.1) is 6.92 Å². The second-order valence-corrected chi connectivity index (χ2v) is 6.33. The molecule has 5 heteroatoms. The van der Waals surface area contributed by atoms with Gasteiger partial charge in [-0.2, -0.15) is 5.10 Å². The molecule has 0 spiro atoms. The first-order valence-corrected chi connectivity index (χ1v) is 7.88. The second kappa shape index (κ2) is 6.59. The molecule has 0 atom stereocenters. The Hall–Kier alpha value is -0.780. The van der Waals surface area contributed by atoms with Crippen LogP contribution in [0.1, 0.15) is 18.2 Å². The third-order valence-corrected chi connectivity index (χ3v) is 4.59. The van der Waals surface area contributed by atoms with Crippen LogP contribution in [-0.4, -0.2) is 16.3 Å². The third-order valence-electron chi connectivity index (χ3n) is 2.77. The van der Waals surface area contributed by atoms with E-state index in [2.05, 4.69) is 57.5 Å². The molecule has 0 saturated heterocycles. The van der Waals surface area contributed by atoms with Crippen molar-refractivity contribution in [3.63, 3.8) is 0 Å². The van der Waals surface area contributed by atoms with Crippen LogP contribution < -0.4 is 5.32 Å². The number of nitrogens with zero attached hydrogens (tertiary/aromatic N) is 2. The molecule has 1 aromatic carbocycles. The largest absolute Gasteiger partial charge is 0.313 e. The highest BCUT2D eigenvalue weighted by atomic mass is 79.9. The van der Waals surface area contributed by atoms with E-state index in [1.165, 1.54) is 10.5 Å². The second-order valence-electron chi connectivity index (χ2n) is 4.38. The highest BCUT2D eigenvalue weighted by Crippen LogP contribution is 2.31. The number of aryl methyl sites for hydroxylation is 2. The summed E-state index contributed by atoms with van der Waals surface area (Å²) in [5, 5.41) is 8.85. The normalized spacial score (nSPS) is 10.9. The molecule has 1 aromatic heterocycles. The van der Waals surface area contributed by atoms with Crippen molar-refractivity contribution in [2.24, 2.45) is 7.05 Å². The van der Waals surface area contributed by atoms with Crippen LogP contribution in [0.15, 0.2) is 38.7 Å². The van der Waals surface area contributed by atoms with Crippen LogP contribution in [0.3, 0.4) is 0 Å². The lowest BCUT2D eigenvalue weighted by atomic mass is 10.2. The van der Waals surface area contributed by atoms with Crippen molar-refractivity contribution in [3.8, 4) is 0 Å². The van der Waals surface area contributed by atoms with Gasteiger partial charge in [-0.1, -0.05) is 40.7 Å². The van der Waals surface area contributed by atoms with Gasteiger partial charge >= 0.3 is 0 Å². The predicted molar refractivity (Wildman–Crippen MR) is 83.6 cm³/mol. The molecule has 102 valence electrons. The molecular weight excluding hydrogens is 322 g/mol. The van der Waals surface area contributed by atoms with E-state index in [0.29, 0.717) is 0 Å². The number of halogens is 1. The lowest BCUT2D eigenvalue weighted by molar-refractivity contribution is 0.692. The van der Waals surface area contributed by atoms with Gasteiger partial charge in [0.25, 0.3) is 0 Å². The summed E-state index contributed by atoms with van der Waals surface area (Å²) in [7, 11) is 1.98. The van der Waals surface area contributed by atoms with E-state index in [9.17, 15) is 0 Å². The molecule has 0 saturated carbocycles. The Morgan fingerprint density at radius 2 is 2.16 bits per heavy atom. The van der Waals surface area contributed by atoms with Gasteiger partial charge in [0.05, 0.1) is 10.7 Å². The molecule has 0 aliphatic rings. The fourth-order valence-electron chi connectivity index (χ4n) is 1.80. The molecule has 2 aromatic rings. The molecule has 0 radical (unpaired) electrons. The van der Waals surface area contributed by atoms with Gasteiger partial charge < -0.3 is 5.32 Å². The summed E-state index contributed by atoms with van der Waals surface area (Å²) in [6, 6.07) is 8.59. The Labute approximate surface area is 126 Å². The topological polar surface area (TPSA) is 29.9 Å². The first kappa shape index (κ1) is 14.6. The summed E-state index contributed by atoms with van der Waals surface area (Å²) < 4.78 is 3.07. The number of benzene rings is 1. The summed E-state index contributed by atoms with van der Waals surface area (Å²) >= 11 is 5.37. The van der Waals surface area contributed by atoms with Crippen molar-refractivity contribution in [3.05, 3.63) is 40.0 Å². The van der Waals surface area contributed by atoms with E-state index < -0.39 is 0 Å². The molecule has 0 bridgehead atoms. The predicted octanol–water partition coefficient (Wildman–Crippen LogP) is 3.75. The van der Waals surface area contributed by atoms with E-state index in [4.69, 9.17) is 0 Å². The Bertz CT molecular complexity index is 566. The first-order valence-electron chi connectivity index (χ1n) is 6.27. The van der Waals surface area contributed by atoms with Crippen LogP contribution >= 0.6 is 27.7 Å². The lowest BCUT2D eigenvalue weighted by Crippen LogP contribution is -2.11. The van der Waals surface area contributed by atoms with Gasteiger partial charge in [0.15, 0.2) is 0 Å². The zero-order valence-electron chi connectivity index (χ0n) is 11.4. The van der Waals surface area contributed by atoms with Crippen molar-refractivity contribution < 1.29 is 0 Å². The van der Waals surface area contributed by atoms with Gasteiger partial charge in [0.1, 0.15) is 0 Å². The standard InChI is InChI=1S/C14H18BrN3S/c1-4-16-9-11-5-6-12(8-13(11)15)19-14-7-10(2)17-18(14)3/h5-8,16H,4,9H2,1-3H3.